The molecule has 6 nitrogen and oxygen atoms in total. The lowest BCUT2D eigenvalue weighted by molar-refractivity contribution is 0.779. The van der Waals surface area contributed by atoms with Gasteiger partial charge in [-0.3, -0.25) is 14.1 Å². The van der Waals surface area contributed by atoms with Crippen molar-refractivity contribution in [1.82, 2.24) is 19.3 Å². The normalized spacial score (nSPS) is 10.7. The van der Waals surface area contributed by atoms with Crippen molar-refractivity contribution in [2.75, 3.05) is 5.73 Å². The van der Waals surface area contributed by atoms with Crippen LogP contribution in [0.3, 0.4) is 0 Å². The predicted octanol–water partition coefficient (Wildman–Crippen LogP) is 1.90. The van der Waals surface area contributed by atoms with Crippen LogP contribution in [0.15, 0.2) is 30.5 Å². The number of nitrogen functional groups attached to an aromatic ring is 1. The second-order valence-electron chi connectivity index (χ2n) is 4.22. The molecule has 2 N–H and O–H groups in total. The summed E-state index contributed by atoms with van der Waals surface area (Å²) in [5.41, 5.74) is 8.52. The van der Waals surface area contributed by atoms with Crippen LogP contribution in [-0.4, -0.2) is 19.3 Å². The highest BCUT2D eigenvalue weighted by atomic mass is 15.3. The van der Waals surface area contributed by atoms with Gasteiger partial charge in [0, 0.05) is 7.05 Å². The highest BCUT2D eigenvalue weighted by Crippen LogP contribution is 2.28. The first kappa shape index (κ1) is 11.3. The molecule has 0 atom stereocenters. The van der Waals surface area contributed by atoms with E-state index in [1.807, 2.05) is 28.8 Å². The van der Waals surface area contributed by atoms with E-state index in [1.54, 1.807) is 17.9 Å². The molecule has 0 saturated carbocycles. The van der Waals surface area contributed by atoms with Crippen molar-refractivity contribution in [2.45, 2.75) is 6.67 Å². The summed E-state index contributed by atoms with van der Waals surface area (Å²) in [5.74, 6) is 1.23. The first-order chi connectivity index (χ1) is 9.22. The monoisotopic (exact) mass is 252 g/mol. The molecule has 0 aliphatic carbocycles. The van der Waals surface area contributed by atoms with E-state index < -0.39 is 0 Å². The standard InChI is InChI=1S/C13H12N6/c1-15-8-19-11-6-4-3-5-10(11)17-13(19)9-7-16-18(2)12(9)14/h3-7H,8,14H2,2H3. The molecule has 0 unspecified atom stereocenters. The molecule has 0 radical (unpaired) electrons. The smallest absolute Gasteiger partial charge is 0.294 e. The molecule has 0 amide bonds. The van der Waals surface area contributed by atoms with E-state index in [1.165, 1.54) is 0 Å². The molecule has 0 aliphatic rings. The summed E-state index contributed by atoms with van der Waals surface area (Å²) in [6.45, 7) is 7.31. The predicted molar refractivity (Wildman–Crippen MR) is 72.9 cm³/mol. The number of aryl methyl sites for hydroxylation is 1. The minimum atomic E-state index is 0.212. The first-order valence-electron chi connectivity index (χ1n) is 5.78. The second kappa shape index (κ2) is 4.14. The Morgan fingerprint density at radius 2 is 2.16 bits per heavy atom. The van der Waals surface area contributed by atoms with Crippen LogP contribution < -0.4 is 5.73 Å². The van der Waals surface area contributed by atoms with E-state index >= 15 is 0 Å². The van der Waals surface area contributed by atoms with Gasteiger partial charge in [0.05, 0.1) is 22.8 Å². The van der Waals surface area contributed by atoms with Gasteiger partial charge in [0.15, 0.2) is 5.82 Å². The average molecular weight is 252 g/mol. The number of aromatic nitrogens is 4. The Labute approximate surface area is 109 Å². The fourth-order valence-electron chi connectivity index (χ4n) is 2.11. The number of para-hydroxylation sites is 2. The fourth-order valence-corrected chi connectivity index (χ4v) is 2.11. The maximum atomic E-state index is 7.10. The minimum absolute atomic E-state index is 0.212. The van der Waals surface area contributed by atoms with Gasteiger partial charge < -0.3 is 5.73 Å². The van der Waals surface area contributed by atoms with Gasteiger partial charge in [0.2, 0.25) is 0 Å². The second-order valence-corrected chi connectivity index (χ2v) is 4.22. The van der Waals surface area contributed by atoms with E-state index in [0.717, 1.165) is 16.6 Å². The molecular weight excluding hydrogens is 240 g/mol. The number of nitrogens with zero attached hydrogens (tertiary/aromatic N) is 5. The van der Waals surface area contributed by atoms with Gasteiger partial charge in [0.25, 0.3) is 6.67 Å². The molecule has 0 spiro atoms. The van der Waals surface area contributed by atoms with Gasteiger partial charge in [-0.25, -0.2) is 11.6 Å². The van der Waals surface area contributed by atoms with Gasteiger partial charge in [-0.2, -0.15) is 5.10 Å². The van der Waals surface area contributed by atoms with E-state index in [-0.39, 0.29) is 6.67 Å². The summed E-state index contributed by atoms with van der Waals surface area (Å²) < 4.78 is 3.45. The number of hydrogen-bond acceptors (Lipinski definition) is 3. The average Bonchev–Trinajstić information content (AvgIpc) is 2.93. The largest absolute Gasteiger partial charge is 0.383 e. The van der Waals surface area contributed by atoms with Gasteiger partial charge in [-0.15, -0.1) is 0 Å². The van der Waals surface area contributed by atoms with Crippen molar-refractivity contribution in [2.24, 2.45) is 7.05 Å². The summed E-state index contributed by atoms with van der Waals surface area (Å²) in [7, 11) is 1.78. The Hall–Kier alpha value is -2.81. The summed E-state index contributed by atoms with van der Waals surface area (Å²) >= 11 is 0. The lowest BCUT2D eigenvalue weighted by Crippen LogP contribution is -2.01. The van der Waals surface area contributed by atoms with Gasteiger partial charge in [0.1, 0.15) is 5.82 Å². The van der Waals surface area contributed by atoms with Crippen LogP contribution in [0.5, 0.6) is 0 Å². The number of hydrogen-bond donors (Lipinski definition) is 1. The van der Waals surface area contributed by atoms with Crippen LogP contribution in [-0.2, 0) is 13.7 Å². The molecule has 3 aromatic rings. The molecule has 1 aromatic carbocycles. The molecule has 0 fully saturated rings. The van der Waals surface area contributed by atoms with Crippen LogP contribution in [0.2, 0.25) is 0 Å². The maximum absolute atomic E-state index is 7.10. The number of benzene rings is 1. The summed E-state index contributed by atoms with van der Waals surface area (Å²) in [5, 5.41) is 4.12. The highest BCUT2D eigenvalue weighted by Gasteiger charge is 2.17. The SMILES string of the molecule is [C-]#[N+]Cn1c(-c2cnn(C)c2N)nc2ccccc21. The number of imidazole rings is 1. The van der Waals surface area contributed by atoms with E-state index in [2.05, 4.69) is 14.9 Å². The molecule has 0 aliphatic heterocycles. The summed E-state index contributed by atoms with van der Waals surface area (Å²) in [4.78, 5) is 8.02. The van der Waals surface area contributed by atoms with Crippen molar-refractivity contribution in [3.8, 4) is 11.4 Å². The Balaban J connectivity index is 2.31. The summed E-state index contributed by atoms with van der Waals surface area (Å²) in [6.07, 6.45) is 1.68. The van der Waals surface area contributed by atoms with Gasteiger partial charge in [-0.1, -0.05) is 12.1 Å². The molecule has 2 heterocycles. The first-order valence-corrected chi connectivity index (χ1v) is 5.78. The van der Waals surface area contributed by atoms with Crippen molar-refractivity contribution >= 4 is 16.9 Å². The van der Waals surface area contributed by atoms with Crippen molar-refractivity contribution in [3.05, 3.63) is 41.9 Å². The molecule has 2 aromatic heterocycles. The van der Waals surface area contributed by atoms with Crippen LogP contribution in [0.25, 0.3) is 27.3 Å². The lowest BCUT2D eigenvalue weighted by atomic mass is 10.3. The topological polar surface area (TPSA) is 66.0 Å². The Kier molecular flexibility index (Phi) is 2.46. The zero-order chi connectivity index (χ0) is 13.4. The molecule has 19 heavy (non-hydrogen) atoms. The third-order valence-corrected chi connectivity index (χ3v) is 3.09. The number of fused-ring (bicyclic) bond motifs is 1. The zero-order valence-corrected chi connectivity index (χ0v) is 10.4. The number of rotatable bonds is 2. The van der Waals surface area contributed by atoms with Crippen LogP contribution in [0.4, 0.5) is 5.82 Å². The van der Waals surface area contributed by atoms with Crippen molar-refractivity contribution < 1.29 is 0 Å². The summed E-state index contributed by atoms with van der Waals surface area (Å²) in [6, 6.07) is 7.73. The van der Waals surface area contributed by atoms with Crippen molar-refractivity contribution in [3.63, 3.8) is 0 Å². The molecular formula is C13H12N6. The third kappa shape index (κ3) is 1.64. The maximum Gasteiger partial charge on any atom is 0.294 e. The molecule has 6 heteroatoms. The van der Waals surface area contributed by atoms with Crippen LogP contribution in [0.1, 0.15) is 0 Å². The molecule has 3 rings (SSSR count). The van der Waals surface area contributed by atoms with Gasteiger partial charge >= 0.3 is 0 Å². The Bertz CT molecular complexity index is 789. The number of nitrogens with two attached hydrogens (primary N) is 1. The third-order valence-electron chi connectivity index (χ3n) is 3.09. The fraction of sp³-hybridized carbons (Fsp3) is 0.154. The zero-order valence-electron chi connectivity index (χ0n) is 10.4. The molecule has 94 valence electrons. The Morgan fingerprint density at radius 1 is 1.37 bits per heavy atom. The molecule has 0 saturated heterocycles. The minimum Gasteiger partial charge on any atom is -0.383 e. The number of anilines is 1. The van der Waals surface area contributed by atoms with Crippen LogP contribution in [0, 0.1) is 6.57 Å². The van der Waals surface area contributed by atoms with Crippen molar-refractivity contribution in [1.29, 1.82) is 0 Å². The van der Waals surface area contributed by atoms with E-state index in [9.17, 15) is 0 Å². The Morgan fingerprint density at radius 3 is 2.84 bits per heavy atom. The molecule has 0 bridgehead atoms. The van der Waals surface area contributed by atoms with E-state index in [4.69, 9.17) is 12.3 Å². The lowest BCUT2D eigenvalue weighted by Gasteiger charge is -2.02. The van der Waals surface area contributed by atoms with E-state index in [0.29, 0.717) is 11.6 Å². The van der Waals surface area contributed by atoms with Crippen LogP contribution >= 0.6 is 0 Å². The quantitative estimate of drug-likeness (QED) is 0.708. The highest BCUT2D eigenvalue weighted by molar-refractivity contribution is 5.82. The van der Waals surface area contributed by atoms with Gasteiger partial charge in [-0.05, 0) is 12.1 Å².